The third-order valence-electron chi connectivity index (χ3n) is 4.60. The van der Waals surface area contributed by atoms with E-state index < -0.39 is 0 Å². The maximum Gasteiger partial charge on any atom is 0.321 e. The number of rotatable bonds is 1. The molecule has 1 aromatic rings. The Kier molecular flexibility index (Phi) is 3.72. The summed E-state index contributed by atoms with van der Waals surface area (Å²) in [5.41, 5.74) is 0.887. The van der Waals surface area contributed by atoms with Crippen LogP contribution in [0.3, 0.4) is 0 Å². The molecular weight excluding hydrogens is 236 g/mol. The van der Waals surface area contributed by atoms with Crippen LogP contribution in [0.15, 0.2) is 30.3 Å². The van der Waals surface area contributed by atoms with E-state index in [-0.39, 0.29) is 6.03 Å². The summed E-state index contributed by atoms with van der Waals surface area (Å²) >= 11 is 0. The Hall–Kier alpha value is -1.51. The molecule has 1 N–H and O–H groups in total. The Bertz CT molecular complexity index is 432. The van der Waals surface area contributed by atoms with Gasteiger partial charge in [0.1, 0.15) is 0 Å². The van der Waals surface area contributed by atoms with Crippen LogP contribution < -0.4 is 5.32 Å². The average molecular weight is 258 g/mol. The van der Waals surface area contributed by atoms with Crippen molar-refractivity contribution < 1.29 is 4.79 Å². The van der Waals surface area contributed by atoms with Gasteiger partial charge in [0.25, 0.3) is 0 Å². The van der Waals surface area contributed by atoms with Crippen LogP contribution in [0.1, 0.15) is 32.1 Å². The Morgan fingerprint density at radius 3 is 2.58 bits per heavy atom. The van der Waals surface area contributed by atoms with Crippen LogP contribution in [0.4, 0.5) is 10.5 Å². The number of carbonyl (C=O) groups excluding carboxylic acids is 1. The Balaban J connectivity index is 1.59. The average Bonchev–Trinajstić information content (AvgIpc) is 2.48. The van der Waals surface area contributed by atoms with Crippen LogP contribution in [0.25, 0.3) is 0 Å². The first kappa shape index (κ1) is 12.5. The Morgan fingerprint density at radius 1 is 1.05 bits per heavy atom. The van der Waals surface area contributed by atoms with Crippen molar-refractivity contribution in [1.29, 1.82) is 0 Å². The van der Waals surface area contributed by atoms with E-state index in [9.17, 15) is 4.79 Å². The minimum absolute atomic E-state index is 0.0650. The molecule has 2 amide bonds. The molecule has 0 aromatic heterocycles. The third kappa shape index (κ3) is 2.91. The largest absolute Gasteiger partial charge is 0.324 e. The van der Waals surface area contributed by atoms with E-state index in [1.54, 1.807) is 0 Å². The lowest BCUT2D eigenvalue weighted by molar-refractivity contribution is 0.108. The molecule has 2 atom stereocenters. The zero-order chi connectivity index (χ0) is 13.1. The van der Waals surface area contributed by atoms with Gasteiger partial charge in [0.05, 0.1) is 0 Å². The predicted octanol–water partition coefficient (Wildman–Crippen LogP) is 3.73. The lowest BCUT2D eigenvalue weighted by Gasteiger charge is -2.41. The number of anilines is 1. The molecule has 1 aliphatic heterocycles. The molecule has 102 valence electrons. The molecule has 3 rings (SSSR count). The van der Waals surface area contributed by atoms with E-state index in [0.717, 1.165) is 30.6 Å². The molecule has 1 saturated heterocycles. The highest BCUT2D eigenvalue weighted by molar-refractivity contribution is 5.89. The van der Waals surface area contributed by atoms with Gasteiger partial charge in [-0.2, -0.15) is 0 Å². The fourth-order valence-electron chi connectivity index (χ4n) is 3.51. The van der Waals surface area contributed by atoms with E-state index in [2.05, 4.69) is 5.32 Å². The summed E-state index contributed by atoms with van der Waals surface area (Å²) in [6, 6.07) is 9.79. The van der Waals surface area contributed by atoms with Gasteiger partial charge in [-0.05, 0) is 36.8 Å². The second-order valence-corrected chi connectivity index (χ2v) is 5.84. The highest BCUT2D eigenvalue weighted by atomic mass is 16.2. The van der Waals surface area contributed by atoms with Crippen LogP contribution in [-0.2, 0) is 0 Å². The van der Waals surface area contributed by atoms with E-state index >= 15 is 0 Å². The van der Waals surface area contributed by atoms with Gasteiger partial charge in [0.15, 0.2) is 0 Å². The molecule has 1 heterocycles. The normalized spacial score (nSPS) is 26.6. The molecular formula is C16H22N2O. The third-order valence-corrected chi connectivity index (χ3v) is 4.60. The van der Waals surface area contributed by atoms with Crippen LogP contribution in [0.5, 0.6) is 0 Å². The minimum Gasteiger partial charge on any atom is -0.324 e. The van der Waals surface area contributed by atoms with Gasteiger partial charge in [-0.1, -0.05) is 37.5 Å². The molecule has 0 radical (unpaired) electrons. The lowest BCUT2D eigenvalue weighted by atomic mass is 9.75. The summed E-state index contributed by atoms with van der Waals surface area (Å²) in [4.78, 5) is 14.3. The number of carbonyl (C=O) groups is 1. The Labute approximate surface area is 115 Å². The number of para-hydroxylation sites is 1. The van der Waals surface area contributed by atoms with Crippen molar-refractivity contribution in [3.63, 3.8) is 0 Å². The van der Waals surface area contributed by atoms with Crippen LogP contribution in [-0.4, -0.2) is 24.0 Å². The number of fused-ring (bicyclic) bond motifs is 1. The number of likely N-dealkylation sites (tertiary alicyclic amines) is 1. The molecule has 0 unspecified atom stereocenters. The van der Waals surface area contributed by atoms with Crippen molar-refractivity contribution >= 4 is 11.7 Å². The number of urea groups is 1. The van der Waals surface area contributed by atoms with Gasteiger partial charge < -0.3 is 10.2 Å². The summed E-state index contributed by atoms with van der Waals surface area (Å²) < 4.78 is 0. The number of benzene rings is 1. The molecule has 19 heavy (non-hydrogen) atoms. The van der Waals surface area contributed by atoms with Gasteiger partial charge in [-0.25, -0.2) is 4.79 Å². The van der Waals surface area contributed by atoms with E-state index in [1.165, 1.54) is 32.1 Å². The molecule has 1 aromatic carbocycles. The van der Waals surface area contributed by atoms with E-state index in [4.69, 9.17) is 0 Å². The first-order chi connectivity index (χ1) is 9.33. The molecule has 3 nitrogen and oxygen atoms in total. The summed E-state index contributed by atoms with van der Waals surface area (Å²) in [5, 5.41) is 2.99. The highest BCUT2D eigenvalue weighted by Crippen LogP contribution is 2.36. The van der Waals surface area contributed by atoms with E-state index in [0.29, 0.717) is 0 Å². The monoisotopic (exact) mass is 258 g/mol. The molecule has 2 aliphatic rings. The SMILES string of the molecule is O=C(Nc1ccccc1)N1CC[C@@H]2CCCC[C@@H]2C1. The lowest BCUT2D eigenvalue weighted by Crippen LogP contribution is -2.46. The molecule has 3 heteroatoms. The van der Waals surface area contributed by atoms with Gasteiger partial charge in [-0.3, -0.25) is 0 Å². The van der Waals surface area contributed by atoms with Crippen molar-refractivity contribution in [3.8, 4) is 0 Å². The summed E-state index contributed by atoms with van der Waals surface area (Å²) in [7, 11) is 0. The van der Waals surface area contributed by atoms with Gasteiger partial charge in [-0.15, -0.1) is 0 Å². The number of hydrogen-bond donors (Lipinski definition) is 1. The molecule has 0 spiro atoms. The number of piperidine rings is 1. The fraction of sp³-hybridized carbons (Fsp3) is 0.562. The summed E-state index contributed by atoms with van der Waals surface area (Å²) in [6.45, 7) is 1.86. The quantitative estimate of drug-likeness (QED) is 0.818. The maximum absolute atomic E-state index is 12.3. The van der Waals surface area contributed by atoms with Crippen molar-refractivity contribution in [2.45, 2.75) is 32.1 Å². The van der Waals surface area contributed by atoms with Crippen molar-refractivity contribution in [2.24, 2.45) is 11.8 Å². The summed E-state index contributed by atoms with van der Waals surface area (Å²) in [6.07, 6.45) is 6.60. The maximum atomic E-state index is 12.3. The van der Waals surface area contributed by atoms with Gasteiger partial charge >= 0.3 is 6.03 Å². The number of nitrogens with zero attached hydrogens (tertiary/aromatic N) is 1. The van der Waals surface area contributed by atoms with Gasteiger partial charge in [0, 0.05) is 18.8 Å². The molecule has 0 bridgehead atoms. The van der Waals surface area contributed by atoms with Crippen LogP contribution in [0, 0.1) is 11.8 Å². The molecule has 2 fully saturated rings. The number of hydrogen-bond acceptors (Lipinski definition) is 1. The van der Waals surface area contributed by atoms with Crippen LogP contribution in [0.2, 0.25) is 0 Å². The number of nitrogens with one attached hydrogen (secondary N) is 1. The minimum atomic E-state index is 0.0650. The smallest absolute Gasteiger partial charge is 0.321 e. The second kappa shape index (κ2) is 5.64. The number of amides is 2. The van der Waals surface area contributed by atoms with Gasteiger partial charge in [0.2, 0.25) is 0 Å². The summed E-state index contributed by atoms with van der Waals surface area (Å²) in [5.74, 6) is 1.61. The zero-order valence-corrected chi connectivity index (χ0v) is 11.3. The Morgan fingerprint density at radius 2 is 1.79 bits per heavy atom. The van der Waals surface area contributed by atoms with Crippen molar-refractivity contribution in [1.82, 2.24) is 4.90 Å². The van der Waals surface area contributed by atoms with Crippen LogP contribution >= 0.6 is 0 Å². The zero-order valence-electron chi connectivity index (χ0n) is 11.3. The second-order valence-electron chi connectivity index (χ2n) is 5.84. The topological polar surface area (TPSA) is 32.3 Å². The molecule has 1 aliphatic carbocycles. The fourth-order valence-corrected chi connectivity index (χ4v) is 3.51. The van der Waals surface area contributed by atoms with E-state index in [1.807, 2.05) is 35.2 Å². The molecule has 1 saturated carbocycles. The van der Waals surface area contributed by atoms with Crippen molar-refractivity contribution in [2.75, 3.05) is 18.4 Å². The standard InChI is InChI=1S/C16H22N2O/c19-16(17-15-8-2-1-3-9-15)18-11-10-13-6-4-5-7-14(13)12-18/h1-3,8-9,13-14H,4-7,10-12H2,(H,17,19)/t13-,14+/m0/s1. The highest BCUT2D eigenvalue weighted by Gasteiger charge is 2.32. The predicted molar refractivity (Wildman–Crippen MR) is 77.1 cm³/mol. The first-order valence-corrected chi connectivity index (χ1v) is 7.44. The first-order valence-electron chi connectivity index (χ1n) is 7.44. The van der Waals surface area contributed by atoms with Crippen molar-refractivity contribution in [3.05, 3.63) is 30.3 Å².